The highest BCUT2D eigenvalue weighted by atomic mass is 16.5. The number of aromatic nitrogens is 2. The summed E-state index contributed by atoms with van der Waals surface area (Å²) in [5.41, 5.74) is 3.79. The van der Waals surface area contributed by atoms with Crippen LogP contribution in [0.5, 0.6) is 23.0 Å². The zero-order valence-corrected chi connectivity index (χ0v) is 23.2. The lowest BCUT2D eigenvalue weighted by Crippen LogP contribution is -2.56. The van der Waals surface area contributed by atoms with E-state index in [2.05, 4.69) is 21.6 Å². The van der Waals surface area contributed by atoms with Gasteiger partial charge in [0.25, 0.3) is 0 Å². The number of benzene rings is 2. The number of rotatable bonds is 9. The highest BCUT2D eigenvalue weighted by molar-refractivity contribution is 5.89. The largest absolute Gasteiger partial charge is 0.497 e. The van der Waals surface area contributed by atoms with Crippen molar-refractivity contribution in [2.75, 3.05) is 53.4 Å². The highest BCUT2D eigenvalue weighted by Gasteiger charge is 2.41. The first-order valence-corrected chi connectivity index (χ1v) is 13.2. The molecule has 4 heterocycles. The molecular formula is C29H37N5O5. The molecular weight excluding hydrogens is 498 g/mol. The van der Waals surface area contributed by atoms with Gasteiger partial charge in [-0.15, -0.1) is 0 Å². The zero-order valence-electron chi connectivity index (χ0n) is 23.2. The van der Waals surface area contributed by atoms with Crippen LogP contribution in [0.15, 0.2) is 42.5 Å². The molecule has 10 nitrogen and oxygen atoms in total. The number of amides is 2. The predicted octanol–water partition coefficient (Wildman–Crippen LogP) is 4.12. The number of aryl methyl sites for hydroxylation is 1. The zero-order chi connectivity index (χ0) is 27.5. The van der Waals surface area contributed by atoms with Crippen molar-refractivity contribution in [2.45, 2.75) is 24.8 Å². The molecule has 2 amide bonds. The number of piperidine rings is 3. The van der Waals surface area contributed by atoms with Crippen LogP contribution in [-0.4, -0.2) is 74.8 Å². The normalized spacial score (nSPS) is 21.8. The standard InChI is InChI=1S/C29H37N5O5/c1-33-26(15-25(32-33)19-6-7-27(38-4)28(11-19)39-5)24-17-34-9-8-18(24)10-21(34)16-30-29(35)31-20-12-22(36-2)14-23(13-20)37-3/h6-7,11-15,18,21,24H,8-10,16-17H2,1-5H3,(H2,30,31,35). The molecule has 0 aliphatic carbocycles. The summed E-state index contributed by atoms with van der Waals surface area (Å²) in [6.07, 6.45) is 2.18. The summed E-state index contributed by atoms with van der Waals surface area (Å²) in [6, 6.07) is 13.5. The number of hydrogen-bond acceptors (Lipinski definition) is 7. The van der Waals surface area contributed by atoms with Crippen LogP contribution in [-0.2, 0) is 7.05 Å². The number of nitrogens with zero attached hydrogens (tertiary/aromatic N) is 3. The first kappa shape index (κ1) is 26.7. The minimum atomic E-state index is -0.240. The third kappa shape index (κ3) is 5.61. The number of urea groups is 1. The van der Waals surface area contributed by atoms with Gasteiger partial charge in [0.2, 0.25) is 0 Å². The SMILES string of the molecule is COc1cc(NC(=O)NCC2CC3CCN2CC3c2cc(-c3ccc(OC)c(OC)c3)nn2C)cc(OC)c1. The monoisotopic (exact) mass is 535 g/mol. The van der Waals surface area contributed by atoms with Crippen molar-refractivity contribution >= 4 is 11.7 Å². The second-order valence-corrected chi connectivity index (χ2v) is 10.1. The fraction of sp³-hybridized carbons (Fsp3) is 0.448. The van der Waals surface area contributed by atoms with E-state index in [0.717, 1.165) is 37.2 Å². The molecule has 6 rings (SSSR count). The third-order valence-electron chi connectivity index (χ3n) is 7.96. The van der Waals surface area contributed by atoms with Gasteiger partial charge in [-0.05, 0) is 49.6 Å². The Labute approximate surface area is 229 Å². The summed E-state index contributed by atoms with van der Waals surface area (Å²) in [5, 5.41) is 10.8. The number of nitrogens with one attached hydrogen (secondary N) is 2. The van der Waals surface area contributed by atoms with Crippen molar-refractivity contribution in [1.29, 1.82) is 0 Å². The van der Waals surface area contributed by atoms with E-state index in [4.69, 9.17) is 24.0 Å². The lowest BCUT2D eigenvalue weighted by atomic mass is 9.74. The Morgan fingerprint density at radius 2 is 1.72 bits per heavy atom. The van der Waals surface area contributed by atoms with Gasteiger partial charge < -0.3 is 29.6 Å². The van der Waals surface area contributed by atoms with Gasteiger partial charge >= 0.3 is 6.03 Å². The summed E-state index contributed by atoms with van der Waals surface area (Å²) < 4.78 is 23.5. The molecule has 3 aliphatic rings. The van der Waals surface area contributed by atoms with Crippen molar-refractivity contribution in [3.8, 4) is 34.3 Å². The quantitative estimate of drug-likeness (QED) is 0.425. The van der Waals surface area contributed by atoms with E-state index < -0.39 is 0 Å². The van der Waals surface area contributed by atoms with E-state index in [-0.39, 0.29) is 6.03 Å². The summed E-state index contributed by atoms with van der Waals surface area (Å²) in [4.78, 5) is 15.2. The van der Waals surface area contributed by atoms with Crippen LogP contribution in [0, 0.1) is 5.92 Å². The van der Waals surface area contributed by atoms with Gasteiger partial charge in [-0.25, -0.2) is 4.79 Å². The molecule has 10 heteroatoms. The smallest absolute Gasteiger partial charge is 0.319 e. The number of hydrogen-bond donors (Lipinski definition) is 2. The summed E-state index contributed by atoms with van der Waals surface area (Å²) in [7, 11) is 8.47. The average molecular weight is 536 g/mol. The van der Waals surface area contributed by atoms with Gasteiger partial charge in [0.05, 0.1) is 34.1 Å². The molecule has 3 saturated heterocycles. The van der Waals surface area contributed by atoms with Crippen molar-refractivity contribution in [2.24, 2.45) is 13.0 Å². The van der Waals surface area contributed by atoms with E-state index in [9.17, 15) is 4.79 Å². The number of carbonyl (C=O) groups is 1. The fourth-order valence-corrected chi connectivity index (χ4v) is 5.92. The van der Waals surface area contributed by atoms with Gasteiger partial charge in [-0.1, -0.05) is 0 Å². The summed E-state index contributed by atoms with van der Waals surface area (Å²) >= 11 is 0. The van der Waals surface area contributed by atoms with Crippen LogP contribution in [0.1, 0.15) is 24.5 Å². The Bertz CT molecular complexity index is 1300. The molecule has 0 spiro atoms. The van der Waals surface area contributed by atoms with Gasteiger partial charge in [0, 0.05) is 67.2 Å². The minimum Gasteiger partial charge on any atom is -0.497 e. The second kappa shape index (κ2) is 11.4. The average Bonchev–Trinajstić information content (AvgIpc) is 3.36. The van der Waals surface area contributed by atoms with E-state index in [1.807, 2.05) is 29.9 Å². The van der Waals surface area contributed by atoms with E-state index in [0.29, 0.717) is 53.1 Å². The van der Waals surface area contributed by atoms with Crippen molar-refractivity contribution in [1.82, 2.24) is 20.0 Å². The molecule has 0 radical (unpaired) electrons. The van der Waals surface area contributed by atoms with E-state index in [1.165, 1.54) is 5.69 Å². The Morgan fingerprint density at radius 1 is 0.974 bits per heavy atom. The molecule has 0 saturated carbocycles. The second-order valence-electron chi connectivity index (χ2n) is 10.1. The van der Waals surface area contributed by atoms with E-state index >= 15 is 0 Å². The number of anilines is 1. The van der Waals surface area contributed by atoms with Crippen LogP contribution in [0.25, 0.3) is 11.3 Å². The Morgan fingerprint density at radius 3 is 2.36 bits per heavy atom. The van der Waals surface area contributed by atoms with Crippen LogP contribution >= 0.6 is 0 Å². The number of carbonyl (C=O) groups excluding carboxylic acids is 1. The molecule has 4 atom stereocenters. The number of fused-ring (bicyclic) bond motifs is 3. The Hall–Kier alpha value is -3.92. The molecule has 2 N–H and O–H groups in total. The topological polar surface area (TPSA) is 99.1 Å². The van der Waals surface area contributed by atoms with Crippen LogP contribution in [0.3, 0.4) is 0 Å². The molecule has 39 heavy (non-hydrogen) atoms. The van der Waals surface area contributed by atoms with Crippen LogP contribution in [0.2, 0.25) is 0 Å². The van der Waals surface area contributed by atoms with Crippen molar-refractivity contribution in [3.63, 3.8) is 0 Å². The van der Waals surface area contributed by atoms with Crippen LogP contribution < -0.4 is 29.6 Å². The molecule has 2 bridgehead atoms. The minimum absolute atomic E-state index is 0.240. The lowest BCUT2D eigenvalue weighted by Gasteiger charge is -2.49. The molecule has 3 fully saturated rings. The molecule has 3 aromatic rings. The summed E-state index contributed by atoms with van der Waals surface area (Å²) in [6.45, 7) is 2.59. The first-order chi connectivity index (χ1) is 18.9. The number of methoxy groups -OCH3 is 4. The third-order valence-corrected chi connectivity index (χ3v) is 7.96. The first-order valence-electron chi connectivity index (χ1n) is 13.2. The maximum absolute atomic E-state index is 12.7. The van der Waals surface area contributed by atoms with E-state index in [1.54, 1.807) is 46.6 Å². The number of ether oxygens (including phenoxy) is 4. The van der Waals surface area contributed by atoms with Crippen molar-refractivity contribution < 1.29 is 23.7 Å². The molecule has 3 aliphatic heterocycles. The van der Waals surface area contributed by atoms with Gasteiger partial charge in [-0.3, -0.25) is 9.58 Å². The predicted molar refractivity (Wildman–Crippen MR) is 149 cm³/mol. The molecule has 2 aromatic carbocycles. The molecule has 4 unspecified atom stereocenters. The highest BCUT2D eigenvalue weighted by Crippen LogP contribution is 2.42. The Kier molecular flexibility index (Phi) is 7.83. The maximum atomic E-state index is 12.7. The molecule has 208 valence electrons. The van der Waals surface area contributed by atoms with Gasteiger partial charge in [-0.2, -0.15) is 5.10 Å². The summed E-state index contributed by atoms with van der Waals surface area (Å²) in [5.74, 6) is 3.58. The van der Waals surface area contributed by atoms with Crippen molar-refractivity contribution in [3.05, 3.63) is 48.2 Å². The van der Waals surface area contributed by atoms with Crippen LogP contribution in [0.4, 0.5) is 10.5 Å². The molecule has 1 aromatic heterocycles. The maximum Gasteiger partial charge on any atom is 0.319 e. The van der Waals surface area contributed by atoms with Gasteiger partial charge in [0.15, 0.2) is 11.5 Å². The fourth-order valence-electron chi connectivity index (χ4n) is 5.92. The Balaban J connectivity index is 1.21. The van der Waals surface area contributed by atoms with Gasteiger partial charge in [0.1, 0.15) is 11.5 Å². The lowest BCUT2D eigenvalue weighted by molar-refractivity contribution is 0.0296.